The van der Waals surface area contributed by atoms with Gasteiger partial charge in [0.2, 0.25) is 0 Å². The first-order valence-electron chi connectivity index (χ1n) is 8.94. The van der Waals surface area contributed by atoms with Crippen LogP contribution in [-0.4, -0.2) is 59.5 Å². The van der Waals surface area contributed by atoms with Gasteiger partial charge in [-0.1, -0.05) is 0 Å². The van der Waals surface area contributed by atoms with Crippen molar-refractivity contribution in [2.75, 3.05) is 18.1 Å². The molecule has 0 radical (unpaired) electrons. The van der Waals surface area contributed by atoms with E-state index in [0.717, 1.165) is 0 Å². The summed E-state index contributed by atoms with van der Waals surface area (Å²) in [5.41, 5.74) is 6.17. The number of alkyl carbamates (subject to hydrolysis) is 1. The number of nitrogens with two attached hydrogens (primary N) is 1. The molecule has 4 rings (SSSR count). The molecule has 2 saturated heterocycles. The monoisotopic (exact) mass is 389 g/mol. The first-order valence-corrected chi connectivity index (χ1v) is 8.94. The van der Waals surface area contributed by atoms with Crippen LogP contribution in [0.15, 0.2) is 18.5 Å². The maximum atomic E-state index is 13.8. The average Bonchev–Trinajstić information content (AvgIpc) is 3.15. The van der Waals surface area contributed by atoms with Crippen molar-refractivity contribution in [3.63, 3.8) is 0 Å². The van der Waals surface area contributed by atoms with Gasteiger partial charge in [0.1, 0.15) is 30.7 Å². The Bertz CT molecular complexity index is 953. The number of carbonyl (C=O) groups excluding carboxylic acids is 2. The van der Waals surface area contributed by atoms with Crippen molar-refractivity contribution in [3.05, 3.63) is 24.0 Å². The van der Waals surface area contributed by atoms with Gasteiger partial charge < -0.3 is 25.4 Å². The molecule has 2 fully saturated rings. The standard InChI is InChI=1S/C18H20FN5O4/c1-8(2)27-14-4-9-11(3-10(14)16(20)25)21-7-22-17(9)24-6-12-15(13(24)5-19)28-18(26)23-12/h3-4,7-8,12-13,15H,5-6H2,1-2H3,(H2,20,25)(H,23,26)/t12-,13?,15-/m1/s1. The molecule has 3 N–H and O–H groups in total. The summed E-state index contributed by atoms with van der Waals surface area (Å²) in [5.74, 6) is 0.155. The van der Waals surface area contributed by atoms with Gasteiger partial charge in [-0.05, 0) is 26.0 Å². The summed E-state index contributed by atoms with van der Waals surface area (Å²) in [4.78, 5) is 33.6. The lowest BCUT2D eigenvalue weighted by Crippen LogP contribution is -2.39. The molecule has 2 aliphatic heterocycles. The summed E-state index contributed by atoms with van der Waals surface area (Å²) in [6.07, 6.45) is 0.0176. The molecule has 0 spiro atoms. The molecule has 0 saturated carbocycles. The van der Waals surface area contributed by atoms with Crippen LogP contribution in [0.5, 0.6) is 5.75 Å². The number of hydrogen-bond donors (Lipinski definition) is 2. The summed E-state index contributed by atoms with van der Waals surface area (Å²) >= 11 is 0. The highest BCUT2D eigenvalue weighted by molar-refractivity contribution is 6.02. The number of nitrogens with zero attached hydrogens (tertiary/aromatic N) is 3. The van der Waals surface area contributed by atoms with Crippen molar-refractivity contribution in [1.82, 2.24) is 15.3 Å². The summed E-state index contributed by atoms with van der Waals surface area (Å²) in [7, 11) is 0. The fourth-order valence-corrected chi connectivity index (χ4v) is 3.75. The highest BCUT2D eigenvalue weighted by Crippen LogP contribution is 2.36. The normalized spacial score (nSPS) is 23.6. The number of hydrogen-bond acceptors (Lipinski definition) is 7. The molecule has 1 unspecified atom stereocenters. The third-order valence-electron chi connectivity index (χ3n) is 4.89. The van der Waals surface area contributed by atoms with Crippen molar-refractivity contribution >= 4 is 28.7 Å². The van der Waals surface area contributed by atoms with E-state index in [9.17, 15) is 14.0 Å². The number of fused-ring (bicyclic) bond motifs is 2. The maximum absolute atomic E-state index is 13.8. The van der Waals surface area contributed by atoms with Crippen LogP contribution in [0.1, 0.15) is 24.2 Å². The number of carbonyl (C=O) groups is 2. The Morgan fingerprint density at radius 1 is 1.46 bits per heavy atom. The van der Waals surface area contributed by atoms with Gasteiger partial charge in [-0.3, -0.25) is 4.79 Å². The van der Waals surface area contributed by atoms with Crippen LogP contribution in [0.25, 0.3) is 10.9 Å². The van der Waals surface area contributed by atoms with Crippen LogP contribution >= 0.6 is 0 Å². The number of amides is 2. The number of halogens is 1. The summed E-state index contributed by atoms with van der Waals surface area (Å²) in [6.45, 7) is 3.29. The van der Waals surface area contributed by atoms with Crippen LogP contribution in [0.3, 0.4) is 0 Å². The van der Waals surface area contributed by atoms with E-state index in [1.807, 2.05) is 13.8 Å². The van der Waals surface area contributed by atoms with Gasteiger partial charge in [-0.15, -0.1) is 0 Å². The highest BCUT2D eigenvalue weighted by Gasteiger charge is 2.50. The summed E-state index contributed by atoms with van der Waals surface area (Å²) in [5, 5.41) is 3.28. The number of aromatic nitrogens is 2. The van der Waals surface area contributed by atoms with Crippen LogP contribution < -0.4 is 20.7 Å². The van der Waals surface area contributed by atoms with Crippen LogP contribution in [-0.2, 0) is 4.74 Å². The Balaban J connectivity index is 1.81. The first kappa shape index (κ1) is 18.2. The van der Waals surface area contributed by atoms with Gasteiger partial charge >= 0.3 is 6.09 Å². The van der Waals surface area contributed by atoms with Crippen molar-refractivity contribution in [3.8, 4) is 5.75 Å². The fourth-order valence-electron chi connectivity index (χ4n) is 3.75. The Hall–Kier alpha value is -3.17. The molecule has 2 amide bonds. The molecular formula is C18H20FN5O4. The lowest BCUT2D eigenvalue weighted by molar-refractivity contribution is 0.0994. The predicted octanol–water partition coefficient (Wildman–Crippen LogP) is 1.15. The minimum absolute atomic E-state index is 0.183. The maximum Gasteiger partial charge on any atom is 0.407 e. The van der Waals surface area contributed by atoms with Crippen LogP contribution in [0, 0.1) is 0 Å². The molecule has 10 heteroatoms. The number of ether oxygens (including phenoxy) is 2. The van der Waals surface area contributed by atoms with E-state index in [-0.39, 0.29) is 17.7 Å². The molecule has 0 bridgehead atoms. The SMILES string of the molecule is CC(C)Oc1cc2c(N3C[C@H]4NC(=O)O[C@H]4C3CF)ncnc2cc1C(N)=O. The topological polar surface area (TPSA) is 120 Å². The van der Waals surface area contributed by atoms with Crippen molar-refractivity contribution in [1.29, 1.82) is 0 Å². The van der Waals surface area contributed by atoms with E-state index in [1.54, 1.807) is 17.0 Å². The van der Waals surface area contributed by atoms with Gasteiger partial charge in [0.15, 0.2) is 0 Å². The third-order valence-corrected chi connectivity index (χ3v) is 4.89. The smallest absolute Gasteiger partial charge is 0.407 e. The molecule has 2 aliphatic rings. The Morgan fingerprint density at radius 2 is 2.25 bits per heavy atom. The van der Waals surface area contributed by atoms with Crippen molar-refractivity contribution in [2.45, 2.75) is 38.1 Å². The molecule has 3 heterocycles. The summed E-state index contributed by atoms with van der Waals surface area (Å²) < 4.78 is 24.8. The molecule has 1 aromatic carbocycles. The van der Waals surface area contributed by atoms with Crippen molar-refractivity contribution in [2.24, 2.45) is 5.73 Å². The molecule has 1 aromatic heterocycles. The van der Waals surface area contributed by atoms with Gasteiger partial charge in [0.05, 0.1) is 29.3 Å². The number of primary amides is 1. The van der Waals surface area contributed by atoms with E-state index < -0.39 is 30.8 Å². The zero-order valence-electron chi connectivity index (χ0n) is 15.4. The fraction of sp³-hybridized carbons (Fsp3) is 0.444. The molecular weight excluding hydrogens is 369 g/mol. The van der Waals surface area contributed by atoms with Gasteiger partial charge in [0, 0.05) is 11.9 Å². The number of anilines is 1. The van der Waals surface area contributed by atoms with Gasteiger partial charge in [-0.2, -0.15) is 0 Å². The van der Waals surface area contributed by atoms with E-state index >= 15 is 0 Å². The Kier molecular flexibility index (Phi) is 4.40. The van der Waals surface area contributed by atoms with E-state index in [2.05, 4.69) is 15.3 Å². The zero-order valence-corrected chi connectivity index (χ0v) is 15.4. The van der Waals surface area contributed by atoms with E-state index in [1.165, 1.54) is 6.33 Å². The first-order chi connectivity index (χ1) is 13.4. The molecule has 9 nitrogen and oxygen atoms in total. The minimum atomic E-state index is -0.712. The largest absolute Gasteiger partial charge is 0.490 e. The molecule has 3 atom stereocenters. The molecule has 148 valence electrons. The second kappa shape index (κ2) is 6.77. The number of benzene rings is 1. The molecule has 2 aromatic rings. The number of alkyl halides is 1. The Morgan fingerprint density at radius 3 is 2.93 bits per heavy atom. The highest BCUT2D eigenvalue weighted by atomic mass is 19.1. The molecule has 28 heavy (non-hydrogen) atoms. The zero-order chi connectivity index (χ0) is 20.0. The predicted molar refractivity (Wildman–Crippen MR) is 98.1 cm³/mol. The van der Waals surface area contributed by atoms with Gasteiger partial charge in [0.25, 0.3) is 5.91 Å². The third kappa shape index (κ3) is 2.94. The second-order valence-electron chi connectivity index (χ2n) is 7.09. The van der Waals surface area contributed by atoms with Crippen LogP contribution in [0.4, 0.5) is 15.0 Å². The average molecular weight is 389 g/mol. The lowest BCUT2D eigenvalue weighted by atomic mass is 10.1. The van der Waals surface area contributed by atoms with E-state index in [0.29, 0.717) is 29.0 Å². The summed E-state index contributed by atoms with van der Waals surface area (Å²) in [6, 6.07) is 2.19. The van der Waals surface area contributed by atoms with E-state index in [4.69, 9.17) is 15.2 Å². The number of nitrogens with one attached hydrogen (secondary N) is 1. The van der Waals surface area contributed by atoms with Crippen molar-refractivity contribution < 1.29 is 23.5 Å². The Labute approximate surface area is 160 Å². The lowest BCUT2D eigenvalue weighted by Gasteiger charge is -2.26. The molecule has 0 aliphatic carbocycles. The quantitative estimate of drug-likeness (QED) is 0.787. The van der Waals surface area contributed by atoms with Gasteiger partial charge in [-0.25, -0.2) is 19.2 Å². The number of rotatable bonds is 5. The van der Waals surface area contributed by atoms with Crippen LogP contribution in [0.2, 0.25) is 0 Å². The minimum Gasteiger partial charge on any atom is -0.490 e. The second-order valence-corrected chi connectivity index (χ2v) is 7.09.